The lowest BCUT2D eigenvalue weighted by Crippen LogP contribution is -2.50. The van der Waals surface area contributed by atoms with Crippen LogP contribution >= 0.6 is 0 Å². The summed E-state index contributed by atoms with van der Waals surface area (Å²) in [5.41, 5.74) is 1.04. The van der Waals surface area contributed by atoms with E-state index in [1.54, 1.807) is 12.0 Å². The van der Waals surface area contributed by atoms with Gasteiger partial charge in [-0.15, -0.1) is 0 Å². The molecule has 1 fully saturated rings. The molecule has 5 nitrogen and oxygen atoms in total. The van der Waals surface area contributed by atoms with Gasteiger partial charge < -0.3 is 14.5 Å². The van der Waals surface area contributed by atoms with Gasteiger partial charge in [0.2, 0.25) is 5.91 Å². The Morgan fingerprint density at radius 3 is 2.42 bits per heavy atom. The van der Waals surface area contributed by atoms with E-state index in [0.717, 1.165) is 44.0 Å². The topological polar surface area (TPSA) is 36.0 Å². The molecule has 1 aromatic rings. The molecule has 2 rings (SSSR count). The molecule has 24 heavy (non-hydrogen) atoms. The number of methoxy groups -OCH3 is 1. The van der Waals surface area contributed by atoms with Crippen molar-refractivity contribution in [2.75, 3.05) is 53.4 Å². The van der Waals surface area contributed by atoms with E-state index in [0.29, 0.717) is 19.0 Å². The van der Waals surface area contributed by atoms with Crippen LogP contribution in [0.4, 0.5) is 0 Å². The minimum absolute atomic E-state index is 0.165. The third kappa shape index (κ3) is 5.49. The number of carbonyl (C=O) groups excluding carboxylic acids is 1. The molecule has 0 spiro atoms. The number of piperazine rings is 1. The first kappa shape index (κ1) is 18.7. The molecule has 0 aliphatic carbocycles. The summed E-state index contributed by atoms with van der Waals surface area (Å²) in [4.78, 5) is 19.0. The molecule has 134 valence electrons. The molecule has 0 unspecified atom stereocenters. The molecule has 0 N–H and O–H groups in total. The maximum atomic E-state index is 12.5. The first-order valence-electron chi connectivity index (χ1n) is 8.80. The summed E-state index contributed by atoms with van der Waals surface area (Å²) in [6, 6.07) is 7.86. The van der Waals surface area contributed by atoms with Crippen molar-refractivity contribution in [2.45, 2.75) is 20.4 Å². The molecule has 0 bridgehead atoms. The van der Waals surface area contributed by atoms with Crippen LogP contribution in [0.1, 0.15) is 19.4 Å². The minimum Gasteiger partial charge on any atom is -0.496 e. The van der Waals surface area contributed by atoms with E-state index < -0.39 is 0 Å². The molecule has 1 saturated heterocycles. The third-order valence-corrected chi connectivity index (χ3v) is 4.47. The van der Waals surface area contributed by atoms with Gasteiger partial charge in [-0.3, -0.25) is 9.69 Å². The molecule has 0 radical (unpaired) electrons. The molecule has 1 heterocycles. The standard InChI is InChI=1S/C19H31N3O2/c1-16(2)13-21-9-11-22(12-10-21)15-19(23)20(3)14-17-7-5-6-8-18(17)24-4/h5-8,16H,9-15H2,1-4H3. The maximum absolute atomic E-state index is 12.5. The van der Waals surface area contributed by atoms with Gasteiger partial charge in [-0.1, -0.05) is 32.0 Å². The minimum atomic E-state index is 0.165. The number of hydrogen-bond donors (Lipinski definition) is 0. The van der Waals surface area contributed by atoms with E-state index in [1.165, 1.54) is 0 Å². The molecular weight excluding hydrogens is 302 g/mol. The molecule has 1 amide bonds. The number of hydrogen-bond acceptors (Lipinski definition) is 4. The van der Waals surface area contributed by atoms with E-state index in [9.17, 15) is 4.79 Å². The largest absolute Gasteiger partial charge is 0.496 e. The summed E-state index contributed by atoms with van der Waals surface area (Å²) in [6.45, 7) is 10.8. The highest BCUT2D eigenvalue weighted by Crippen LogP contribution is 2.18. The average Bonchev–Trinajstić information content (AvgIpc) is 2.56. The zero-order chi connectivity index (χ0) is 17.5. The highest BCUT2D eigenvalue weighted by atomic mass is 16.5. The molecule has 5 heteroatoms. The van der Waals surface area contributed by atoms with Gasteiger partial charge in [0.15, 0.2) is 0 Å². The fraction of sp³-hybridized carbons (Fsp3) is 0.632. The van der Waals surface area contributed by atoms with Crippen molar-refractivity contribution in [3.63, 3.8) is 0 Å². The van der Waals surface area contributed by atoms with Gasteiger partial charge in [-0.25, -0.2) is 0 Å². The number of carbonyl (C=O) groups is 1. The summed E-state index contributed by atoms with van der Waals surface area (Å²) in [6.07, 6.45) is 0. The van der Waals surface area contributed by atoms with Crippen LogP contribution in [-0.4, -0.2) is 74.0 Å². The van der Waals surface area contributed by atoms with Crippen LogP contribution in [0.15, 0.2) is 24.3 Å². The van der Waals surface area contributed by atoms with Crippen molar-refractivity contribution in [3.05, 3.63) is 29.8 Å². The van der Waals surface area contributed by atoms with Gasteiger partial charge in [0.1, 0.15) is 5.75 Å². The second kappa shape index (κ2) is 9.04. The number of nitrogens with zero attached hydrogens (tertiary/aromatic N) is 3. The number of para-hydroxylation sites is 1. The van der Waals surface area contributed by atoms with Crippen molar-refractivity contribution in [1.29, 1.82) is 0 Å². The lowest BCUT2D eigenvalue weighted by molar-refractivity contribution is -0.132. The second-order valence-corrected chi connectivity index (χ2v) is 7.03. The summed E-state index contributed by atoms with van der Waals surface area (Å²) in [7, 11) is 3.53. The Bertz CT molecular complexity index is 525. The van der Waals surface area contributed by atoms with Gasteiger partial charge >= 0.3 is 0 Å². The van der Waals surface area contributed by atoms with Gasteiger partial charge in [0, 0.05) is 51.9 Å². The number of likely N-dealkylation sites (N-methyl/N-ethyl adjacent to an activating group) is 1. The summed E-state index contributed by atoms with van der Waals surface area (Å²) in [5, 5.41) is 0. The number of rotatable bonds is 7. The fourth-order valence-electron chi connectivity index (χ4n) is 3.14. The van der Waals surface area contributed by atoms with E-state index in [2.05, 4.69) is 23.6 Å². The summed E-state index contributed by atoms with van der Waals surface area (Å²) < 4.78 is 5.37. The highest BCUT2D eigenvalue weighted by molar-refractivity contribution is 5.78. The first-order valence-corrected chi connectivity index (χ1v) is 8.80. The van der Waals surface area contributed by atoms with Crippen molar-refractivity contribution in [1.82, 2.24) is 14.7 Å². The number of ether oxygens (including phenoxy) is 1. The zero-order valence-electron chi connectivity index (χ0n) is 15.5. The first-order chi connectivity index (χ1) is 11.5. The predicted molar refractivity (Wildman–Crippen MR) is 97.2 cm³/mol. The fourth-order valence-corrected chi connectivity index (χ4v) is 3.14. The van der Waals surface area contributed by atoms with Crippen LogP contribution in [0.5, 0.6) is 5.75 Å². The van der Waals surface area contributed by atoms with E-state index in [4.69, 9.17) is 4.74 Å². The smallest absolute Gasteiger partial charge is 0.236 e. The zero-order valence-corrected chi connectivity index (χ0v) is 15.5. The molecule has 1 aromatic carbocycles. The number of benzene rings is 1. The lowest BCUT2D eigenvalue weighted by atomic mass is 10.2. The Labute approximate surface area is 146 Å². The monoisotopic (exact) mass is 333 g/mol. The van der Waals surface area contributed by atoms with Crippen molar-refractivity contribution >= 4 is 5.91 Å². The van der Waals surface area contributed by atoms with Crippen LogP contribution in [0.25, 0.3) is 0 Å². The average molecular weight is 333 g/mol. The van der Waals surface area contributed by atoms with Crippen molar-refractivity contribution in [3.8, 4) is 5.75 Å². The molecule has 0 saturated carbocycles. The normalized spacial score (nSPS) is 16.4. The molecule has 0 atom stereocenters. The van der Waals surface area contributed by atoms with Crippen LogP contribution in [0, 0.1) is 5.92 Å². The second-order valence-electron chi connectivity index (χ2n) is 7.03. The predicted octanol–water partition coefficient (Wildman–Crippen LogP) is 1.93. The lowest BCUT2D eigenvalue weighted by Gasteiger charge is -2.35. The van der Waals surface area contributed by atoms with Gasteiger partial charge in [-0.2, -0.15) is 0 Å². The van der Waals surface area contributed by atoms with Crippen LogP contribution in [-0.2, 0) is 11.3 Å². The van der Waals surface area contributed by atoms with Crippen LogP contribution in [0.2, 0.25) is 0 Å². The van der Waals surface area contributed by atoms with Gasteiger partial charge in [0.25, 0.3) is 0 Å². The maximum Gasteiger partial charge on any atom is 0.236 e. The van der Waals surface area contributed by atoms with Gasteiger partial charge in [-0.05, 0) is 12.0 Å². The molecule has 0 aromatic heterocycles. The Hall–Kier alpha value is -1.59. The Kier molecular flexibility index (Phi) is 7.06. The number of amides is 1. The van der Waals surface area contributed by atoms with E-state index >= 15 is 0 Å². The molecule has 1 aliphatic heterocycles. The Morgan fingerprint density at radius 1 is 1.17 bits per heavy atom. The van der Waals surface area contributed by atoms with Crippen molar-refractivity contribution < 1.29 is 9.53 Å². The highest BCUT2D eigenvalue weighted by Gasteiger charge is 2.21. The molecule has 1 aliphatic rings. The summed E-state index contributed by atoms with van der Waals surface area (Å²) in [5.74, 6) is 1.70. The third-order valence-electron chi connectivity index (χ3n) is 4.47. The Morgan fingerprint density at radius 2 is 1.79 bits per heavy atom. The van der Waals surface area contributed by atoms with Crippen molar-refractivity contribution in [2.24, 2.45) is 5.92 Å². The summed E-state index contributed by atoms with van der Waals surface area (Å²) >= 11 is 0. The van der Waals surface area contributed by atoms with Crippen LogP contribution in [0.3, 0.4) is 0 Å². The van der Waals surface area contributed by atoms with Gasteiger partial charge in [0.05, 0.1) is 13.7 Å². The van der Waals surface area contributed by atoms with Crippen LogP contribution < -0.4 is 4.74 Å². The van der Waals surface area contributed by atoms with E-state index in [1.807, 2.05) is 31.3 Å². The quantitative estimate of drug-likeness (QED) is 0.764. The SMILES string of the molecule is COc1ccccc1CN(C)C(=O)CN1CCN(CC(C)C)CC1. The van der Waals surface area contributed by atoms with E-state index in [-0.39, 0.29) is 5.91 Å². The Balaban J connectivity index is 1.80. The molecular formula is C19H31N3O2.